The number of esters is 1. The minimum Gasteiger partial charge on any atom is -0.462 e. The summed E-state index contributed by atoms with van der Waals surface area (Å²) in [5, 5.41) is 0. The molecule has 0 aliphatic heterocycles. The molecule has 2 heterocycles. The molecule has 2 aromatic carbocycles. The van der Waals surface area contributed by atoms with E-state index in [0.29, 0.717) is 23.5 Å². The largest absolute Gasteiger partial charge is 0.462 e. The van der Waals surface area contributed by atoms with Gasteiger partial charge in [0.25, 0.3) is 5.56 Å². The van der Waals surface area contributed by atoms with Gasteiger partial charge in [0.15, 0.2) is 0 Å². The predicted octanol–water partition coefficient (Wildman–Crippen LogP) is 3.61. The second kappa shape index (κ2) is 10.00. The predicted molar refractivity (Wildman–Crippen MR) is 141 cm³/mol. The van der Waals surface area contributed by atoms with Crippen LogP contribution in [0.15, 0.2) is 57.0 Å². The van der Waals surface area contributed by atoms with Gasteiger partial charge in [-0.1, -0.05) is 12.1 Å². The van der Waals surface area contributed by atoms with E-state index in [9.17, 15) is 32.3 Å². The molecule has 5 rings (SSSR count). The maximum absolute atomic E-state index is 13.6. The minimum atomic E-state index is -4.63. The van der Waals surface area contributed by atoms with Gasteiger partial charge in [-0.2, -0.15) is 13.2 Å². The minimum absolute atomic E-state index is 0.0350. The van der Waals surface area contributed by atoms with E-state index in [2.05, 4.69) is 0 Å². The normalized spacial score (nSPS) is 13.7. The number of hydrogen-bond donors (Lipinski definition) is 0. The Bertz CT molecular complexity index is 1820. The number of nitrogens with zero attached hydrogens (tertiary/aromatic N) is 4. The van der Waals surface area contributed by atoms with Gasteiger partial charge in [-0.15, -0.1) is 0 Å². The van der Waals surface area contributed by atoms with E-state index >= 15 is 0 Å². The number of rotatable bonds is 7. The SMILES string of the molecule is CCOC(=O)c1cn(-c2ccc3c(c2)n(C)c(=O)n3CC2CC2)c(=O)n(Cc2cccc(C(F)(F)F)c2C)c1=O. The summed E-state index contributed by atoms with van der Waals surface area (Å²) >= 11 is 0. The molecule has 0 N–H and O–H groups in total. The topological polar surface area (TPSA) is 97.2 Å². The Hall–Kier alpha value is -4.35. The Kier molecular flexibility index (Phi) is 6.80. The number of hydrogen-bond acceptors (Lipinski definition) is 5. The summed E-state index contributed by atoms with van der Waals surface area (Å²) in [6, 6.07) is 8.39. The average Bonchev–Trinajstić information content (AvgIpc) is 3.69. The molecule has 0 amide bonds. The zero-order valence-electron chi connectivity index (χ0n) is 22.1. The molecule has 1 aliphatic carbocycles. The molecule has 1 fully saturated rings. The van der Waals surface area contributed by atoms with Crippen LogP contribution < -0.4 is 16.9 Å². The average molecular weight is 557 g/mol. The number of fused-ring (bicyclic) bond motifs is 1. The highest BCUT2D eigenvalue weighted by Gasteiger charge is 2.33. The number of imidazole rings is 1. The van der Waals surface area contributed by atoms with E-state index in [0.717, 1.165) is 34.2 Å². The summed E-state index contributed by atoms with van der Waals surface area (Å²) in [5.41, 5.74) is -1.96. The van der Waals surface area contributed by atoms with Crippen molar-refractivity contribution < 1.29 is 22.7 Å². The van der Waals surface area contributed by atoms with Crippen molar-refractivity contribution in [1.82, 2.24) is 18.3 Å². The van der Waals surface area contributed by atoms with Crippen LogP contribution in [0.2, 0.25) is 0 Å². The third kappa shape index (κ3) is 4.78. The van der Waals surface area contributed by atoms with Crippen molar-refractivity contribution in [2.75, 3.05) is 6.61 Å². The van der Waals surface area contributed by atoms with Gasteiger partial charge in [0.05, 0.1) is 35.4 Å². The van der Waals surface area contributed by atoms with Gasteiger partial charge in [-0.05, 0) is 68.0 Å². The summed E-state index contributed by atoms with van der Waals surface area (Å²) in [6.45, 7) is 2.87. The van der Waals surface area contributed by atoms with E-state index < -0.39 is 41.1 Å². The van der Waals surface area contributed by atoms with Crippen LogP contribution in [0, 0.1) is 12.8 Å². The van der Waals surface area contributed by atoms with Crippen molar-refractivity contribution in [3.63, 3.8) is 0 Å². The first kappa shape index (κ1) is 27.2. The first-order valence-electron chi connectivity index (χ1n) is 12.8. The molecule has 210 valence electrons. The first-order chi connectivity index (χ1) is 18.9. The summed E-state index contributed by atoms with van der Waals surface area (Å²) < 4.78 is 50.5. The van der Waals surface area contributed by atoms with Crippen LogP contribution in [0.5, 0.6) is 0 Å². The van der Waals surface area contributed by atoms with Crippen molar-refractivity contribution in [2.24, 2.45) is 13.0 Å². The molecule has 0 atom stereocenters. The number of aryl methyl sites for hydroxylation is 1. The van der Waals surface area contributed by atoms with Gasteiger partial charge < -0.3 is 4.74 Å². The van der Waals surface area contributed by atoms with E-state index in [4.69, 9.17) is 4.74 Å². The number of aromatic nitrogens is 4. The van der Waals surface area contributed by atoms with Crippen molar-refractivity contribution in [2.45, 2.75) is 46.0 Å². The van der Waals surface area contributed by atoms with Crippen molar-refractivity contribution in [1.29, 1.82) is 0 Å². The monoisotopic (exact) mass is 556 g/mol. The maximum atomic E-state index is 13.6. The van der Waals surface area contributed by atoms with E-state index in [1.165, 1.54) is 23.6 Å². The Balaban J connectivity index is 1.69. The third-order valence-electron chi connectivity index (χ3n) is 7.29. The Morgan fingerprint density at radius 1 is 1.02 bits per heavy atom. The van der Waals surface area contributed by atoms with E-state index in [1.807, 2.05) is 0 Å². The van der Waals surface area contributed by atoms with Gasteiger partial charge in [0, 0.05) is 19.8 Å². The van der Waals surface area contributed by atoms with Crippen LogP contribution in [-0.4, -0.2) is 30.8 Å². The summed E-state index contributed by atoms with van der Waals surface area (Å²) in [5.74, 6) is -0.527. The zero-order chi connectivity index (χ0) is 28.9. The lowest BCUT2D eigenvalue weighted by atomic mass is 10.0. The number of ether oxygens (including phenoxy) is 1. The van der Waals surface area contributed by atoms with Gasteiger partial charge in [0.1, 0.15) is 5.56 Å². The van der Waals surface area contributed by atoms with Gasteiger partial charge in [-0.25, -0.2) is 14.4 Å². The van der Waals surface area contributed by atoms with Crippen LogP contribution in [0.25, 0.3) is 16.7 Å². The molecule has 40 heavy (non-hydrogen) atoms. The lowest BCUT2D eigenvalue weighted by Gasteiger charge is -2.16. The highest BCUT2D eigenvalue weighted by Crippen LogP contribution is 2.33. The quantitative estimate of drug-likeness (QED) is 0.324. The molecule has 0 spiro atoms. The molecular weight excluding hydrogens is 529 g/mol. The Labute approximate surface area is 225 Å². The number of alkyl halides is 3. The number of halogens is 3. The van der Waals surface area contributed by atoms with Gasteiger partial charge >= 0.3 is 23.5 Å². The van der Waals surface area contributed by atoms with Gasteiger partial charge in [-0.3, -0.25) is 23.1 Å². The number of carbonyl (C=O) groups is 1. The molecule has 9 nitrogen and oxygen atoms in total. The molecule has 0 bridgehead atoms. The lowest BCUT2D eigenvalue weighted by Crippen LogP contribution is -2.42. The van der Waals surface area contributed by atoms with Crippen LogP contribution in [0.4, 0.5) is 13.2 Å². The van der Waals surface area contributed by atoms with E-state index in [1.54, 1.807) is 36.7 Å². The third-order valence-corrected chi connectivity index (χ3v) is 7.29. The van der Waals surface area contributed by atoms with Crippen LogP contribution >= 0.6 is 0 Å². The van der Waals surface area contributed by atoms with Gasteiger partial charge in [0.2, 0.25) is 0 Å². The highest BCUT2D eigenvalue weighted by molar-refractivity contribution is 5.88. The standard InChI is InChI=1S/C28H27F3N4O5/c1-4-40-25(37)20-15-33(19-10-11-22-23(12-19)32(3)26(38)34(22)13-17-8-9-17)27(39)35(24(20)36)14-18-6-5-7-21(16(18)2)28(29,30)31/h5-7,10-12,15,17H,4,8-9,13-14H2,1-3H3. The number of benzene rings is 2. The number of carbonyl (C=O) groups excluding carboxylic acids is 1. The molecule has 2 aromatic heterocycles. The maximum Gasteiger partial charge on any atom is 0.416 e. The fourth-order valence-corrected chi connectivity index (χ4v) is 4.89. The smallest absolute Gasteiger partial charge is 0.416 e. The summed E-state index contributed by atoms with van der Waals surface area (Å²) in [6.07, 6.45) is -1.45. The second-order valence-corrected chi connectivity index (χ2v) is 9.96. The highest BCUT2D eigenvalue weighted by atomic mass is 19.4. The summed E-state index contributed by atoms with van der Waals surface area (Å²) in [4.78, 5) is 52.5. The molecule has 0 radical (unpaired) electrons. The Morgan fingerprint density at radius 3 is 2.40 bits per heavy atom. The summed E-state index contributed by atoms with van der Waals surface area (Å²) in [7, 11) is 1.61. The first-order valence-corrected chi connectivity index (χ1v) is 12.8. The zero-order valence-corrected chi connectivity index (χ0v) is 22.1. The molecule has 0 saturated heterocycles. The van der Waals surface area contributed by atoms with Crippen molar-refractivity contribution >= 4 is 17.0 Å². The fraction of sp³-hybridized carbons (Fsp3) is 0.357. The Morgan fingerprint density at radius 2 is 1.75 bits per heavy atom. The van der Waals surface area contributed by atoms with Crippen LogP contribution in [-0.2, 0) is 31.1 Å². The molecule has 1 saturated carbocycles. The molecule has 1 aliphatic rings. The second-order valence-electron chi connectivity index (χ2n) is 9.96. The lowest BCUT2D eigenvalue weighted by molar-refractivity contribution is -0.138. The molecular formula is C28H27F3N4O5. The van der Waals surface area contributed by atoms with E-state index in [-0.39, 0.29) is 29.1 Å². The van der Waals surface area contributed by atoms with Crippen LogP contribution in [0.1, 0.15) is 46.8 Å². The molecule has 4 aromatic rings. The fourth-order valence-electron chi connectivity index (χ4n) is 4.89. The molecule has 0 unspecified atom stereocenters. The van der Waals surface area contributed by atoms with Crippen LogP contribution in [0.3, 0.4) is 0 Å². The van der Waals surface area contributed by atoms with Crippen molar-refractivity contribution in [3.05, 3.63) is 96.2 Å². The molecule has 12 heteroatoms. The van der Waals surface area contributed by atoms with Crippen molar-refractivity contribution in [3.8, 4) is 5.69 Å².